The summed E-state index contributed by atoms with van der Waals surface area (Å²) in [6.45, 7) is 4.00. The van der Waals surface area contributed by atoms with E-state index in [-0.39, 0.29) is 5.97 Å². The molecule has 0 amide bonds. The molecule has 0 heterocycles. The monoisotopic (exact) mass is 230 g/mol. The van der Waals surface area contributed by atoms with Crippen LogP contribution in [0.5, 0.6) is 0 Å². The molecular weight excluding hydrogens is 212 g/mol. The average molecular weight is 230 g/mol. The topological polar surface area (TPSA) is 26.3 Å². The number of allylic oxidation sites excluding steroid dienone is 2. The summed E-state index contributed by atoms with van der Waals surface area (Å²) < 4.78 is 4.89. The zero-order valence-corrected chi connectivity index (χ0v) is 10.3. The Morgan fingerprint density at radius 2 is 2.00 bits per heavy atom. The van der Waals surface area contributed by atoms with Gasteiger partial charge in [0, 0.05) is 5.57 Å². The van der Waals surface area contributed by atoms with Gasteiger partial charge in [-0.15, -0.1) is 0 Å². The summed E-state index contributed by atoms with van der Waals surface area (Å²) in [7, 11) is 0. The molecule has 0 fully saturated rings. The van der Waals surface area contributed by atoms with Crippen LogP contribution in [0.1, 0.15) is 25.8 Å². The van der Waals surface area contributed by atoms with Gasteiger partial charge in [-0.1, -0.05) is 48.6 Å². The van der Waals surface area contributed by atoms with E-state index in [0.717, 1.165) is 12.0 Å². The van der Waals surface area contributed by atoms with Crippen LogP contribution in [0.4, 0.5) is 0 Å². The largest absolute Gasteiger partial charge is 0.463 e. The maximum absolute atomic E-state index is 11.3. The summed E-state index contributed by atoms with van der Waals surface area (Å²) in [4.78, 5) is 11.3. The van der Waals surface area contributed by atoms with Gasteiger partial charge >= 0.3 is 5.97 Å². The van der Waals surface area contributed by atoms with E-state index in [4.69, 9.17) is 4.74 Å². The van der Waals surface area contributed by atoms with Crippen LogP contribution in [0, 0.1) is 0 Å². The molecule has 0 unspecified atom stereocenters. The van der Waals surface area contributed by atoms with Crippen molar-refractivity contribution < 1.29 is 9.53 Å². The van der Waals surface area contributed by atoms with E-state index in [1.54, 1.807) is 13.8 Å². The molecule has 1 rings (SSSR count). The molecule has 2 heteroatoms. The van der Waals surface area contributed by atoms with Gasteiger partial charge in [0.25, 0.3) is 0 Å². The quantitative estimate of drug-likeness (QED) is 0.570. The molecule has 0 aliphatic carbocycles. The lowest BCUT2D eigenvalue weighted by Gasteiger charge is -1.99. The van der Waals surface area contributed by atoms with E-state index < -0.39 is 0 Å². The third kappa shape index (κ3) is 5.16. The molecule has 90 valence electrons. The van der Waals surface area contributed by atoms with Crippen LogP contribution in [0.25, 0.3) is 6.08 Å². The third-order valence-electron chi connectivity index (χ3n) is 2.27. The van der Waals surface area contributed by atoms with Crippen molar-refractivity contribution in [1.29, 1.82) is 0 Å². The van der Waals surface area contributed by atoms with Crippen molar-refractivity contribution in [3.63, 3.8) is 0 Å². The number of carbonyl (C=O) groups is 1. The minimum absolute atomic E-state index is 0.236. The summed E-state index contributed by atoms with van der Waals surface area (Å²) in [5, 5.41) is 0. The SMILES string of the molecule is CCOC(=O)C(C)=CCC=Cc1ccccc1. The molecule has 0 aliphatic heterocycles. The Bertz CT molecular complexity index is 402. The summed E-state index contributed by atoms with van der Waals surface area (Å²) >= 11 is 0. The molecule has 0 bridgehead atoms. The number of rotatable bonds is 5. The van der Waals surface area contributed by atoms with Crippen molar-refractivity contribution in [2.24, 2.45) is 0 Å². The highest BCUT2D eigenvalue weighted by atomic mass is 16.5. The van der Waals surface area contributed by atoms with E-state index in [0.29, 0.717) is 12.2 Å². The highest BCUT2D eigenvalue weighted by Gasteiger charge is 2.01. The lowest BCUT2D eigenvalue weighted by atomic mass is 10.2. The third-order valence-corrected chi connectivity index (χ3v) is 2.27. The molecule has 1 aromatic rings. The minimum Gasteiger partial charge on any atom is -0.463 e. The molecule has 0 atom stereocenters. The van der Waals surface area contributed by atoms with Crippen molar-refractivity contribution >= 4 is 12.0 Å². The highest BCUT2D eigenvalue weighted by molar-refractivity contribution is 5.87. The summed E-state index contributed by atoms with van der Waals surface area (Å²) in [5.74, 6) is -0.236. The summed E-state index contributed by atoms with van der Waals surface area (Å²) in [6, 6.07) is 10.1. The van der Waals surface area contributed by atoms with E-state index in [1.807, 2.05) is 48.6 Å². The van der Waals surface area contributed by atoms with Gasteiger partial charge in [0.05, 0.1) is 6.61 Å². The normalized spacial score (nSPS) is 11.8. The second-order valence-electron chi connectivity index (χ2n) is 3.66. The van der Waals surface area contributed by atoms with Gasteiger partial charge < -0.3 is 4.74 Å². The van der Waals surface area contributed by atoms with Gasteiger partial charge in [-0.3, -0.25) is 0 Å². The Kier molecular flexibility index (Phi) is 5.80. The maximum atomic E-state index is 11.3. The molecule has 0 aliphatic rings. The van der Waals surface area contributed by atoms with Crippen LogP contribution in [0.15, 0.2) is 48.1 Å². The Morgan fingerprint density at radius 3 is 2.65 bits per heavy atom. The number of benzene rings is 1. The molecule has 2 nitrogen and oxygen atoms in total. The molecule has 1 aromatic carbocycles. The number of hydrogen-bond donors (Lipinski definition) is 0. The molecule has 17 heavy (non-hydrogen) atoms. The Morgan fingerprint density at radius 1 is 1.29 bits per heavy atom. The Labute approximate surface area is 103 Å². The highest BCUT2D eigenvalue weighted by Crippen LogP contribution is 2.04. The molecule has 0 spiro atoms. The van der Waals surface area contributed by atoms with Gasteiger partial charge in [0.2, 0.25) is 0 Å². The fraction of sp³-hybridized carbons (Fsp3) is 0.267. The Hall–Kier alpha value is -1.83. The second-order valence-corrected chi connectivity index (χ2v) is 3.66. The molecular formula is C15H18O2. The predicted octanol–water partition coefficient (Wildman–Crippen LogP) is 3.60. The van der Waals surface area contributed by atoms with Crippen LogP contribution in [-0.2, 0) is 9.53 Å². The van der Waals surface area contributed by atoms with Gasteiger partial charge in [-0.2, -0.15) is 0 Å². The van der Waals surface area contributed by atoms with E-state index in [1.165, 1.54) is 0 Å². The van der Waals surface area contributed by atoms with Crippen molar-refractivity contribution in [2.75, 3.05) is 6.61 Å². The maximum Gasteiger partial charge on any atom is 0.333 e. The van der Waals surface area contributed by atoms with Crippen LogP contribution in [-0.4, -0.2) is 12.6 Å². The van der Waals surface area contributed by atoms with Crippen molar-refractivity contribution in [2.45, 2.75) is 20.3 Å². The van der Waals surface area contributed by atoms with Crippen LogP contribution in [0.3, 0.4) is 0 Å². The number of ether oxygens (including phenoxy) is 1. The molecule has 0 saturated carbocycles. The lowest BCUT2D eigenvalue weighted by molar-refractivity contribution is -0.138. The summed E-state index contributed by atoms with van der Waals surface area (Å²) in [6.07, 6.45) is 6.67. The zero-order chi connectivity index (χ0) is 12.5. The standard InChI is InChI=1S/C15H18O2/c1-3-17-15(16)13(2)9-7-8-12-14-10-5-4-6-11-14/h4-6,8-12H,3,7H2,1-2H3. The predicted molar refractivity (Wildman–Crippen MR) is 70.5 cm³/mol. The molecule has 0 saturated heterocycles. The van der Waals surface area contributed by atoms with Crippen molar-refractivity contribution in [3.8, 4) is 0 Å². The van der Waals surface area contributed by atoms with E-state index in [9.17, 15) is 4.79 Å². The Balaban J connectivity index is 2.44. The first-order valence-electron chi connectivity index (χ1n) is 5.79. The number of carbonyl (C=O) groups excluding carboxylic acids is 1. The zero-order valence-electron chi connectivity index (χ0n) is 10.3. The molecule has 0 aromatic heterocycles. The van der Waals surface area contributed by atoms with Crippen molar-refractivity contribution in [1.82, 2.24) is 0 Å². The average Bonchev–Trinajstić information content (AvgIpc) is 2.36. The number of esters is 1. The smallest absolute Gasteiger partial charge is 0.333 e. The molecule has 0 N–H and O–H groups in total. The van der Waals surface area contributed by atoms with Gasteiger partial charge in [0.1, 0.15) is 0 Å². The first-order valence-corrected chi connectivity index (χ1v) is 5.79. The number of hydrogen-bond acceptors (Lipinski definition) is 2. The van der Waals surface area contributed by atoms with Crippen LogP contribution >= 0.6 is 0 Å². The summed E-state index contributed by atoms with van der Waals surface area (Å²) in [5.41, 5.74) is 1.82. The second kappa shape index (κ2) is 7.44. The first kappa shape index (κ1) is 13.2. The van der Waals surface area contributed by atoms with E-state index >= 15 is 0 Å². The minimum atomic E-state index is -0.236. The first-order chi connectivity index (χ1) is 8.24. The fourth-order valence-corrected chi connectivity index (χ4v) is 1.34. The molecule has 0 radical (unpaired) electrons. The van der Waals surface area contributed by atoms with Gasteiger partial charge in [0.15, 0.2) is 0 Å². The van der Waals surface area contributed by atoms with E-state index in [2.05, 4.69) is 0 Å². The van der Waals surface area contributed by atoms with Gasteiger partial charge in [-0.05, 0) is 25.8 Å². The lowest BCUT2D eigenvalue weighted by Crippen LogP contribution is -2.04. The van der Waals surface area contributed by atoms with Crippen LogP contribution in [0.2, 0.25) is 0 Å². The van der Waals surface area contributed by atoms with Crippen LogP contribution < -0.4 is 0 Å². The fourth-order valence-electron chi connectivity index (χ4n) is 1.34. The van der Waals surface area contributed by atoms with Gasteiger partial charge in [-0.25, -0.2) is 4.79 Å². The van der Waals surface area contributed by atoms with Crippen molar-refractivity contribution in [3.05, 3.63) is 53.6 Å².